The Kier molecular flexibility index (Phi) is 4.33. The van der Waals surface area contributed by atoms with Gasteiger partial charge in [0.25, 0.3) is 5.91 Å². The van der Waals surface area contributed by atoms with Crippen LogP contribution < -0.4 is 5.32 Å². The van der Waals surface area contributed by atoms with Crippen LogP contribution in [0.5, 0.6) is 5.75 Å². The molecule has 24 heavy (non-hydrogen) atoms. The number of anilines is 1. The summed E-state index contributed by atoms with van der Waals surface area (Å²) in [7, 11) is 0. The Morgan fingerprint density at radius 3 is 2.46 bits per heavy atom. The van der Waals surface area contributed by atoms with Crippen LogP contribution >= 0.6 is 0 Å². The van der Waals surface area contributed by atoms with Crippen LogP contribution in [-0.4, -0.2) is 20.8 Å². The van der Waals surface area contributed by atoms with Gasteiger partial charge in [0, 0.05) is 5.69 Å². The smallest absolute Gasteiger partial charge is 0.280 e. The molecule has 1 aromatic heterocycles. The largest absolute Gasteiger partial charge is 0.504 e. The first-order valence-corrected chi connectivity index (χ1v) is 7.80. The summed E-state index contributed by atoms with van der Waals surface area (Å²) in [6.45, 7) is 4.12. The van der Waals surface area contributed by atoms with Crippen LogP contribution in [-0.2, 0) is 0 Å². The summed E-state index contributed by atoms with van der Waals surface area (Å²) in [6.07, 6.45) is 1.43. The molecule has 0 radical (unpaired) electrons. The lowest BCUT2D eigenvalue weighted by molar-refractivity contribution is 0.101. The van der Waals surface area contributed by atoms with Gasteiger partial charge in [-0.2, -0.15) is 5.10 Å². The molecule has 5 nitrogen and oxygen atoms in total. The zero-order chi connectivity index (χ0) is 17.1. The third kappa shape index (κ3) is 3.15. The molecule has 0 aliphatic rings. The standard InChI is InChI=1S/C19H19N3O2/c1-13(2)15-10-6-7-11-16(15)20-19(24)18-17(23)12-22(21-18)14-8-4-3-5-9-14/h3-13,23H,1-2H3,(H,20,24). The molecule has 2 aromatic carbocycles. The molecule has 122 valence electrons. The molecule has 0 fully saturated rings. The second-order valence-electron chi connectivity index (χ2n) is 5.84. The normalized spacial score (nSPS) is 10.8. The Morgan fingerprint density at radius 2 is 1.75 bits per heavy atom. The number of nitrogens with one attached hydrogen (secondary N) is 1. The van der Waals surface area contributed by atoms with E-state index in [9.17, 15) is 9.90 Å². The number of rotatable bonds is 4. The number of para-hydroxylation sites is 2. The maximum Gasteiger partial charge on any atom is 0.280 e. The second-order valence-corrected chi connectivity index (χ2v) is 5.84. The number of aromatic nitrogens is 2. The first-order valence-electron chi connectivity index (χ1n) is 7.80. The Morgan fingerprint density at radius 1 is 1.08 bits per heavy atom. The number of amides is 1. The van der Waals surface area contributed by atoms with Gasteiger partial charge in [-0.3, -0.25) is 4.79 Å². The fraction of sp³-hybridized carbons (Fsp3) is 0.158. The molecule has 3 aromatic rings. The van der Waals surface area contributed by atoms with Gasteiger partial charge in [0.1, 0.15) is 0 Å². The Hall–Kier alpha value is -3.08. The Bertz CT molecular complexity index is 854. The van der Waals surface area contributed by atoms with Crippen LogP contribution in [0.1, 0.15) is 35.8 Å². The molecule has 1 amide bonds. The topological polar surface area (TPSA) is 67.2 Å². The molecule has 1 heterocycles. The quantitative estimate of drug-likeness (QED) is 0.764. The van der Waals surface area contributed by atoms with Gasteiger partial charge in [-0.1, -0.05) is 50.2 Å². The zero-order valence-electron chi connectivity index (χ0n) is 13.6. The van der Waals surface area contributed by atoms with Crippen LogP contribution in [0, 0.1) is 0 Å². The SMILES string of the molecule is CC(C)c1ccccc1NC(=O)c1nn(-c2ccccc2)cc1O. The van der Waals surface area contributed by atoms with E-state index in [1.807, 2.05) is 54.6 Å². The maximum absolute atomic E-state index is 12.5. The van der Waals surface area contributed by atoms with Crippen LogP contribution in [0.15, 0.2) is 60.8 Å². The van der Waals surface area contributed by atoms with Gasteiger partial charge >= 0.3 is 0 Å². The maximum atomic E-state index is 12.5. The van der Waals surface area contributed by atoms with Crippen molar-refractivity contribution in [2.24, 2.45) is 0 Å². The van der Waals surface area contributed by atoms with E-state index >= 15 is 0 Å². The van der Waals surface area contributed by atoms with E-state index in [4.69, 9.17) is 0 Å². The van der Waals surface area contributed by atoms with Crippen molar-refractivity contribution in [1.82, 2.24) is 9.78 Å². The van der Waals surface area contributed by atoms with Gasteiger partial charge in [0.2, 0.25) is 0 Å². The van der Waals surface area contributed by atoms with Crippen molar-refractivity contribution in [3.63, 3.8) is 0 Å². The van der Waals surface area contributed by atoms with Crippen molar-refractivity contribution in [3.05, 3.63) is 72.1 Å². The highest BCUT2D eigenvalue weighted by Gasteiger charge is 2.18. The summed E-state index contributed by atoms with van der Waals surface area (Å²) in [5.41, 5.74) is 2.53. The molecule has 0 saturated carbocycles. The van der Waals surface area contributed by atoms with Crippen LogP contribution in [0.3, 0.4) is 0 Å². The summed E-state index contributed by atoms with van der Waals surface area (Å²) in [5.74, 6) is -0.314. The number of hydrogen-bond acceptors (Lipinski definition) is 3. The lowest BCUT2D eigenvalue weighted by atomic mass is 10.0. The first kappa shape index (κ1) is 15.8. The number of hydrogen-bond donors (Lipinski definition) is 2. The summed E-state index contributed by atoms with van der Waals surface area (Å²) < 4.78 is 1.48. The highest BCUT2D eigenvalue weighted by atomic mass is 16.3. The molecule has 2 N–H and O–H groups in total. The fourth-order valence-electron chi connectivity index (χ4n) is 2.54. The number of carbonyl (C=O) groups is 1. The molecule has 0 bridgehead atoms. The zero-order valence-corrected chi connectivity index (χ0v) is 13.6. The lowest BCUT2D eigenvalue weighted by Gasteiger charge is -2.12. The highest BCUT2D eigenvalue weighted by Crippen LogP contribution is 2.25. The molecular weight excluding hydrogens is 302 g/mol. The third-order valence-corrected chi connectivity index (χ3v) is 3.76. The monoisotopic (exact) mass is 321 g/mol. The molecule has 3 rings (SSSR count). The van der Waals surface area contributed by atoms with E-state index in [0.717, 1.165) is 16.9 Å². The Labute approximate surface area is 140 Å². The van der Waals surface area contributed by atoms with E-state index in [-0.39, 0.29) is 17.4 Å². The summed E-state index contributed by atoms with van der Waals surface area (Å²) >= 11 is 0. The fourth-order valence-corrected chi connectivity index (χ4v) is 2.54. The number of benzene rings is 2. The summed E-state index contributed by atoms with van der Waals surface area (Å²) in [6, 6.07) is 16.9. The molecule has 0 saturated heterocycles. The third-order valence-electron chi connectivity index (χ3n) is 3.76. The van der Waals surface area contributed by atoms with Crippen molar-refractivity contribution < 1.29 is 9.90 Å². The predicted molar refractivity (Wildman–Crippen MR) is 93.7 cm³/mol. The Balaban J connectivity index is 1.88. The van der Waals surface area contributed by atoms with E-state index in [0.29, 0.717) is 0 Å². The molecule has 0 spiro atoms. The minimum atomic E-state index is -0.435. The summed E-state index contributed by atoms with van der Waals surface area (Å²) in [5, 5.41) is 17.1. The number of carbonyl (C=O) groups excluding carboxylic acids is 1. The lowest BCUT2D eigenvalue weighted by Crippen LogP contribution is -2.15. The van der Waals surface area contributed by atoms with Gasteiger partial charge < -0.3 is 10.4 Å². The second kappa shape index (κ2) is 6.58. The van der Waals surface area contributed by atoms with Crippen molar-refractivity contribution in [1.29, 1.82) is 0 Å². The van der Waals surface area contributed by atoms with Crippen molar-refractivity contribution in [3.8, 4) is 11.4 Å². The van der Waals surface area contributed by atoms with Crippen LogP contribution in [0.25, 0.3) is 5.69 Å². The van der Waals surface area contributed by atoms with Crippen molar-refractivity contribution in [2.75, 3.05) is 5.32 Å². The molecule has 0 aliphatic carbocycles. The van der Waals surface area contributed by atoms with Crippen LogP contribution in [0.4, 0.5) is 5.69 Å². The average Bonchev–Trinajstić information content (AvgIpc) is 2.98. The predicted octanol–water partition coefficient (Wildman–Crippen LogP) is 3.95. The van der Waals surface area contributed by atoms with Gasteiger partial charge in [-0.15, -0.1) is 0 Å². The molecular formula is C19H19N3O2. The van der Waals surface area contributed by atoms with E-state index in [2.05, 4.69) is 24.3 Å². The van der Waals surface area contributed by atoms with Gasteiger partial charge in [-0.25, -0.2) is 4.68 Å². The van der Waals surface area contributed by atoms with Crippen LogP contribution in [0.2, 0.25) is 0 Å². The van der Waals surface area contributed by atoms with E-state index < -0.39 is 5.91 Å². The molecule has 5 heteroatoms. The summed E-state index contributed by atoms with van der Waals surface area (Å²) in [4.78, 5) is 12.5. The van der Waals surface area contributed by atoms with Gasteiger partial charge in [-0.05, 0) is 29.7 Å². The van der Waals surface area contributed by atoms with Crippen molar-refractivity contribution >= 4 is 11.6 Å². The minimum absolute atomic E-state index is 0.00240. The number of aromatic hydroxyl groups is 1. The molecule has 0 atom stereocenters. The van der Waals surface area contributed by atoms with Gasteiger partial charge in [0.05, 0.1) is 11.9 Å². The van der Waals surface area contributed by atoms with E-state index in [1.165, 1.54) is 10.9 Å². The number of nitrogens with zero attached hydrogens (tertiary/aromatic N) is 2. The first-order chi connectivity index (χ1) is 11.6. The average molecular weight is 321 g/mol. The van der Waals surface area contributed by atoms with E-state index in [1.54, 1.807) is 0 Å². The highest BCUT2D eigenvalue weighted by molar-refractivity contribution is 6.05. The molecule has 0 unspecified atom stereocenters. The van der Waals surface area contributed by atoms with Crippen molar-refractivity contribution in [2.45, 2.75) is 19.8 Å². The minimum Gasteiger partial charge on any atom is -0.504 e. The van der Waals surface area contributed by atoms with Gasteiger partial charge in [0.15, 0.2) is 11.4 Å². The molecule has 0 aliphatic heterocycles.